The predicted molar refractivity (Wildman–Crippen MR) is 104 cm³/mol. The number of nitrogens with zero attached hydrogens (tertiary/aromatic N) is 1. The van der Waals surface area contributed by atoms with Crippen molar-refractivity contribution in [3.63, 3.8) is 0 Å². The normalized spacial score (nSPS) is 16.8. The van der Waals surface area contributed by atoms with Gasteiger partial charge in [0.25, 0.3) is 0 Å². The van der Waals surface area contributed by atoms with E-state index in [0.717, 1.165) is 16.0 Å². The molecule has 0 spiro atoms. The summed E-state index contributed by atoms with van der Waals surface area (Å²) in [5, 5.41) is 0. The number of hydrogen-bond acceptors (Lipinski definition) is 2. The van der Waals surface area contributed by atoms with E-state index in [-0.39, 0.29) is 0 Å². The van der Waals surface area contributed by atoms with Crippen LogP contribution in [0.25, 0.3) is 0 Å². The summed E-state index contributed by atoms with van der Waals surface area (Å²) in [6, 6.07) is 16.5. The number of benzene rings is 2. The maximum atomic E-state index is 5.94. The van der Waals surface area contributed by atoms with Gasteiger partial charge in [0, 0.05) is 0 Å². The van der Waals surface area contributed by atoms with Crippen LogP contribution in [0.3, 0.4) is 0 Å². The van der Waals surface area contributed by atoms with E-state index < -0.39 is 0 Å². The number of halogens is 1. The Hall–Kier alpha value is -1.32. The molecule has 0 radical (unpaired) electrons. The maximum Gasteiger partial charge on any atom is 0.141 e. The van der Waals surface area contributed by atoms with Gasteiger partial charge in [-0.15, -0.1) is 0 Å². The summed E-state index contributed by atoms with van der Waals surface area (Å²) in [5.74, 6) is 2.32. The van der Waals surface area contributed by atoms with Gasteiger partial charge in [-0.2, -0.15) is 0 Å². The zero-order valence-corrected chi connectivity index (χ0v) is 16.0. The minimum atomic E-state index is 0.587. The lowest BCUT2D eigenvalue weighted by atomic mass is 9.97. The minimum Gasteiger partial charge on any atom is -0.456 e. The Morgan fingerprint density at radius 2 is 1.71 bits per heavy atom. The third kappa shape index (κ3) is 4.84. The van der Waals surface area contributed by atoms with E-state index in [4.69, 9.17) is 4.74 Å². The van der Waals surface area contributed by atoms with Crippen molar-refractivity contribution in [2.24, 2.45) is 0 Å². The highest BCUT2D eigenvalue weighted by Gasteiger charge is 2.12. The summed E-state index contributed by atoms with van der Waals surface area (Å²) < 4.78 is 6.92. The lowest BCUT2D eigenvalue weighted by molar-refractivity contribution is 0.222. The molecular weight excluding hydrogens is 362 g/mol. The van der Waals surface area contributed by atoms with Crippen LogP contribution in [0, 0.1) is 0 Å². The number of hydrogen-bond donors (Lipinski definition) is 0. The second-order valence-electron chi connectivity index (χ2n) is 6.69. The van der Waals surface area contributed by atoms with E-state index in [9.17, 15) is 0 Å². The van der Waals surface area contributed by atoms with Gasteiger partial charge in [-0.1, -0.05) is 37.6 Å². The van der Waals surface area contributed by atoms with E-state index in [2.05, 4.69) is 52.0 Å². The molecule has 1 aliphatic heterocycles. The molecular formula is C21H26BrNO. The average molecular weight is 388 g/mol. The Morgan fingerprint density at radius 3 is 2.42 bits per heavy atom. The number of likely N-dealkylation sites (tertiary alicyclic amines) is 1. The highest BCUT2D eigenvalue weighted by Crippen LogP contribution is 2.30. The van der Waals surface area contributed by atoms with Crippen LogP contribution in [0.4, 0.5) is 0 Å². The molecule has 1 aliphatic rings. The number of ether oxygens (including phenoxy) is 1. The molecule has 0 amide bonds. The third-order valence-electron chi connectivity index (χ3n) is 4.84. The first kappa shape index (κ1) is 17.5. The van der Waals surface area contributed by atoms with Crippen molar-refractivity contribution in [3.8, 4) is 11.5 Å². The third-order valence-corrected chi connectivity index (χ3v) is 5.50. The first-order valence-electron chi connectivity index (χ1n) is 8.97. The first-order chi connectivity index (χ1) is 11.7. The zero-order valence-electron chi connectivity index (χ0n) is 14.4. The standard InChI is InChI=1S/C21H26BrNO/c1-17(13-16-23-14-5-2-6-15-23)18-9-11-19(12-10-18)24-21-8-4-3-7-20(21)22/h3-4,7-12,17H,2,5-6,13-16H2,1H3. The van der Waals surface area contributed by atoms with Gasteiger partial charge >= 0.3 is 0 Å². The van der Waals surface area contributed by atoms with Crippen molar-refractivity contribution in [2.75, 3.05) is 19.6 Å². The Labute approximate surface area is 154 Å². The lowest BCUT2D eigenvalue weighted by Crippen LogP contribution is -2.31. The van der Waals surface area contributed by atoms with Crippen molar-refractivity contribution in [3.05, 3.63) is 58.6 Å². The van der Waals surface area contributed by atoms with Crippen LogP contribution >= 0.6 is 15.9 Å². The molecule has 1 atom stereocenters. The summed E-state index contributed by atoms with van der Waals surface area (Å²) in [6.45, 7) is 6.11. The second kappa shape index (κ2) is 8.68. The number of rotatable bonds is 6. The maximum absolute atomic E-state index is 5.94. The molecule has 2 nitrogen and oxygen atoms in total. The van der Waals surface area contributed by atoms with Crippen molar-refractivity contribution in [1.82, 2.24) is 4.90 Å². The van der Waals surface area contributed by atoms with Crippen molar-refractivity contribution in [1.29, 1.82) is 0 Å². The van der Waals surface area contributed by atoms with Gasteiger partial charge in [0.1, 0.15) is 11.5 Å². The van der Waals surface area contributed by atoms with Gasteiger partial charge in [0.15, 0.2) is 0 Å². The molecule has 0 bridgehead atoms. The molecule has 1 heterocycles. The first-order valence-corrected chi connectivity index (χ1v) is 9.76. The summed E-state index contributed by atoms with van der Waals surface area (Å²) in [5.41, 5.74) is 1.39. The molecule has 0 aromatic heterocycles. The predicted octanol–water partition coefficient (Wildman–Crippen LogP) is 6.22. The summed E-state index contributed by atoms with van der Waals surface area (Å²) in [6.07, 6.45) is 5.38. The molecule has 1 fully saturated rings. The van der Waals surface area contributed by atoms with E-state index in [1.54, 1.807) is 0 Å². The van der Waals surface area contributed by atoms with Gasteiger partial charge in [-0.3, -0.25) is 0 Å². The molecule has 0 N–H and O–H groups in total. The molecule has 2 aromatic rings. The van der Waals surface area contributed by atoms with Crippen LogP contribution in [0.2, 0.25) is 0 Å². The fourth-order valence-corrected chi connectivity index (χ4v) is 3.61. The molecule has 24 heavy (non-hydrogen) atoms. The summed E-state index contributed by atoms with van der Waals surface area (Å²) in [4.78, 5) is 2.62. The van der Waals surface area contributed by atoms with E-state index in [1.807, 2.05) is 24.3 Å². The fourth-order valence-electron chi connectivity index (χ4n) is 3.24. The Kier molecular flexibility index (Phi) is 6.33. The molecule has 3 heteroatoms. The highest BCUT2D eigenvalue weighted by molar-refractivity contribution is 9.10. The van der Waals surface area contributed by atoms with Gasteiger partial charge in [-0.25, -0.2) is 0 Å². The largest absolute Gasteiger partial charge is 0.456 e. The second-order valence-corrected chi connectivity index (χ2v) is 7.55. The van der Waals surface area contributed by atoms with Crippen LogP contribution in [-0.4, -0.2) is 24.5 Å². The molecule has 1 unspecified atom stereocenters. The van der Waals surface area contributed by atoms with Gasteiger partial charge in [0.05, 0.1) is 4.47 Å². The summed E-state index contributed by atoms with van der Waals surface area (Å²) in [7, 11) is 0. The Bertz CT molecular complexity index is 635. The SMILES string of the molecule is CC(CCN1CCCCC1)c1ccc(Oc2ccccc2Br)cc1. The summed E-state index contributed by atoms with van der Waals surface area (Å²) >= 11 is 3.52. The molecule has 2 aromatic carbocycles. The quantitative estimate of drug-likeness (QED) is 0.582. The minimum absolute atomic E-state index is 0.587. The van der Waals surface area contributed by atoms with Crippen LogP contribution in [0.5, 0.6) is 11.5 Å². The fraction of sp³-hybridized carbons (Fsp3) is 0.429. The van der Waals surface area contributed by atoms with Crippen LogP contribution in [0.1, 0.15) is 44.1 Å². The topological polar surface area (TPSA) is 12.5 Å². The van der Waals surface area contributed by atoms with E-state index >= 15 is 0 Å². The Morgan fingerprint density at radius 1 is 1.00 bits per heavy atom. The van der Waals surface area contributed by atoms with Gasteiger partial charge in [-0.05, 0) is 90.6 Å². The zero-order chi connectivity index (χ0) is 16.8. The van der Waals surface area contributed by atoms with Crippen molar-refractivity contribution < 1.29 is 4.74 Å². The average Bonchev–Trinajstić information content (AvgIpc) is 2.63. The van der Waals surface area contributed by atoms with Crippen molar-refractivity contribution in [2.45, 2.75) is 38.5 Å². The van der Waals surface area contributed by atoms with Gasteiger partial charge in [0.2, 0.25) is 0 Å². The molecule has 0 aliphatic carbocycles. The van der Waals surface area contributed by atoms with E-state index in [1.165, 1.54) is 50.9 Å². The molecule has 3 rings (SSSR count). The molecule has 128 valence electrons. The van der Waals surface area contributed by atoms with Crippen LogP contribution < -0.4 is 4.74 Å². The molecule has 1 saturated heterocycles. The smallest absolute Gasteiger partial charge is 0.141 e. The monoisotopic (exact) mass is 387 g/mol. The number of para-hydroxylation sites is 1. The van der Waals surface area contributed by atoms with Crippen LogP contribution in [-0.2, 0) is 0 Å². The van der Waals surface area contributed by atoms with Crippen LogP contribution in [0.15, 0.2) is 53.0 Å². The van der Waals surface area contributed by atoms with E-state index in [0.29, 0.717) is 5.92 Å². The van der Waals surface area contributed by atoms with Crippen molar-refractivity contribution >= 4 is 15.9 Å². The lowest BCUT2D eigenvalue weighted by Gasteiger charge is -2.27. The number of piperidine rings is 1. The highest BCUT2D eigenvalue weighted by atomic mass is 79.9. The molecule has 0 saturated carbocycles. The van der Waals surface area contributed by atoms with Gasteiger partial charge < -0.3 is 9.64 Å². The Balaban J connectivity index is 1.54.